The molecule has 1 saturated heterocycles. The fourth-order valence-corrected chi connectivity index (χ4v) is 5.52. The van der Waals surface area contributed by atoms with E-state index in [-0.39, 0.29) is 13.2 Å². The monoisotopic (exact) mass is 537 g/mol. The number of rotatable bonds is 8. The quantitative estimate of drug-likeness (QED) is 0.285. The van der Waals surface area contributed by atoms with Gasteiger partial charge >= 0.3 is 6.09 Å². The standard InChI is InChI=1S/C30H35NO6S/c1-29(2,3)36-28(32)31-21-27(37-38(4,33)34)20-26(31)22-35-30(23-14-8-5-9-15-23,24-16-10-6-11-17-24)25-18-12-7-13-19-25/h5-19,26-27H,20-22H2,1-4H3. The highest BCUT2D eigenvalue weighted by molar-refractivity contribution is 7.86. The molecular weight excluding hydrogens is 502 g/mol. The fraction of sp³-hybridized carbons (Fsp3) is 0.367. The van der Waals surface area contributed by atoms with Crippen LogP contribution in [0.2, 0.25) is 0 Å². The van der Waals surface area contributed by atoms with Crippen molar-refractivity contribution in [3.05, 3.63) is 108 Å². The summed E-state index contributed by atoms with van der Waals surface area (Å²) in [4.78, 5) is 14.7. The molecule has 0 radical (unpaired) electrons. The van der Waals surface area contributed by atoms with Crippen LogP contribution in [0.5, 0.6) is 0 Å². The molecule has 0 spiro atoms. The zero-order valence-corrected chi connectivity index (χ0v) is 23.1. The van der Waals surface area contributed by atoms with Crippen molar-refractivity contribution in [2.45, 2.75) is 50.5 Å². The Kier molecular flexibility index (Phi) is 8.25. The predicted molar refractivity (Wildman–Crippen MR) is 146 cm³/mol. The lowest BCUT2D eigenvalue weighted by molar-refractivity contribution is -0.0251. The van der Waals surface area contributed by atoms with Crippen molar-refractivity contribution in [1.82, 2.24) is 4.90 Å². The lowest BCUT2D eigenvalue weighted by Gasteiger charge is -2.38. The van der Waals surface area contributed by atoms with Crippen LogP contribution in [-0.4, -0.2) is 56.6 Å². The van der Waals surface area contributed by atoms with Crippen LogP contribution in [-0.2, 0) is 29.4 Å². The van der Waals surface area contributed by atoms with Gasteiger partial charge in [-0.3, -0.25) is 4.18 Å². The molecule has 1 amide bonds. The maximum Gasteiger partial charge on any atom is 0.410 e. The van der Waals surface area contributed by atoms with E-state index in [1.54, 1.807) is 20.8 Å². The van der Waals surface area contributed by atoms with E-state index in [1.807, 2.05) is 91.0 Å². The SMILES string of the molecule is CC(C)(C)OC(=O)N1CC(OS(C)(=O)=O)CC1COC(c1ccccc1)(c1ccccc1)c1ccccc1. The Morgan fingerprint density at radius 1 is 0.842 bits per heavy atom. The fourth-order valence-electron chi connectivity index (χ4n) is 4.88. The Morgan fingerprint density at radius 3 is 1.68 bits per heavy atom. The minimum absolute atomic E-state index is 0.0883. The van der Waals surface area contributed by atoms with Gasteiger partial charge in [0, 0.05) is 0 Å². The van der Waals surface area contributed by atoms with Crippen molar-refractivity contribution < 1.29 is 26.9 Å². The van der Waals surface area contributed by atoms with Crippen LogP contribution in [0.15, 0.2) is 91.0 Å². The summed E-state index contributed by atoms with van der Waals surface area (Å²) in [6, 6.07) is 29.4. The maximum absolute atomic E-state index is 13.2. The van der Waals surface area contributed by atoms with Gasteiger partial charge in [0.25, 0.3) is 10.1 Å². The molecule has 0 aliphatic carbocycles. The molecule has 202 valence electrons. The topological polar surface area (TPSA) is 82.1 Å². The third kappa shape index (κ3) is 6.62. The van der Waals surface area contributed by atoms with Crippen LogP contribution in [0.3, 0.4) is 0 Å². The van der Waals surface area contributed by atoms with E-state index in [1.165, 1.54) is 4.90 Å². The molecule has 3 aromatic rings. The second-order valence-electron chi connectivity index (χ2n) is 10.5. The summed E-state index contributed by atoms with van der Waals surface area (Å²) in [7, 11) is -3.71. The summed E-state index contributed by atoms with van der Waals surface area (Å²) in [5.74, 6) is 0. The molecule has 38 heavy (non-hydrogen) atoms. The first-order chi connectivity index (χ1) is 18.0. The van der Waals surface area contributed by atoms with Crippen molar-refractivity contribution in [3.63, 3.8) is 0 Å². The third-order valence-corrected chi connectivity index (χ3v) is 6.97. The highest BCUT2D eigenvalue weighted by Crippen LogP contribution is 2.41. The molecule has 2 atom stereocenters. The molecule has 1 heterocycles. The summed E-state index contributed by atoms with van der Waals surface area (Å²) in [5, 5.41) is 0. The molecule has 7 nitrogen and oxygen atoms in total. The smallest absolute Gasteiger partial charge is 0.410 e. The van der Waals surface area contributed by atoms with Crippen LogP contribution in [0, 0.1) is 0 Å². The summed E-state index contributed by atoms with van der Waals surface area (Å²) < 4.78 is 41.6. The molecule has 4 rings (SSSR count). The average molecular weight is 538 g/mol. The second-order valence-corrected chi connectivity index (χ2v) is 12.1. The number of amides is 1. The van der Waals surface area contributed by atoms with Crippen molar-refractivity contribution in [2.75, 3.05) is 19.4 Å². The number of benzene rings is 3. The van der Waals surface area contributed by atoms with Crippen LogP contribution in [0.4, 0.5) is 4.79 Å². The molecule has 1 aliphatic heterocycles. The lowest BCUT2D eigenvalue weighted by atomic mass is 9.80. The van der Waals surface area contributed by atoms with E-state index < -0.39 is 39.6 Å². The zero-order chi connectivity index (χ0) is 27.4. The largest absolute Gasteiger partial charge is 0.444 e. The lowest BCUT2D eigenvalue weighted by Crippen LogP contribution is -2.44. The van der Waals surface area contributed by atoms with Crippen LogP contribution < -0.4 is 0 Å². The van der Waals surface area contributed by atoms with Crippen molar-refractivity contribution in [3.8, 4) is 0 Å². The van der Waals surface area contributed by atoms with E-state index in [0.29, 0.717) is 6.42 Å². The van der Waals surface area contributed by atoms with Gasteiger partial charge in [-0.2, -0.15) is 8.42 Å². The Morgan fingerprint density at radius 2 is 1.29 bits per heavy atom. The molecule has 0 bridgehead atoms. The number of nitrogens with zero attached hydrogens (tertiary/aromatic N) is 1. The molecule has 2 unspecified atom stereocenters. The van der Waals surface area contributed by atoms with Crippen molar-refractivity contribution in [2.24, 2.45) is 0 Å². The average Bonchev–Trinajstić information content (AvgIpc) is 3.26. The minimum Gasteiger partial charge on any atom is -0.444 e. The van der Waals surface area contributed by atoms with Gasteiger partial charge in [-0.15, -0.1) is 0 Å². The summed E-state index contributed by atoms with van der Waals surface area (Å²) in [6.07, 6.45) is 0.0850. The van der Waals surface area contributed by atoms with Crippen LogP contribution in [0.1, 0.15) is 43.9 Å². The molecule has 8 heteroatoms. The number of likely N-dealkylation sites (tertiary alicyclic amines) is 1. The number of hydrogen-bond donors (Lipinski definition) is 0. The summed E-state index contributed by atoms with van der Waals surface area (Å²) in [5.41, 5.74) is 1.12. The first-order valence-corrected chi connectivity index (χ1v) is 14.5. The maximum atomic E-state index is 13.2. The minimum atomic E-state index is -3.71. The Bertz CT molecular complexity index is 1210. The van der Waals surface area contributed by atoms with Gasteiger partial charge in [0.15, 0.2) is 0 Å². The van der Waals surface area contributed by atoms with Gasteiger partial charge in [0.2, 0.25) is 0 Å². The zero-order valence-electron chi connectivity index (χ0n) is 22.2. The normalized spacial score (nSPS) is 18.4. The molecule has 0 saturated carbocycles. The van der Waals surface area contributed by atoms with Crippen molar-refractivity contribution in [1.29, 1.82) is 0 Å². The van der Waals surface area contributed by atoms with E-state index in [4.69, 9.17) is 13.7 Å². The molecule has 3 aromatic carbocycles. The first-order valence-electron chi connectivity index (χ1n) is 12.7. The Labute approximate surface area is 225 Å². The number of ether oxygens (including phenoxy) is 2. The van der Waals surface area contributed by atoms with E-state index in [9.17, 15) is 13.2 Å². The van der Waals surface area contributed by atoms with Gasteiger partial charge in [-0.05, 0) is 43.9 Å². The molecular formula is C30H35NO6S. The highest BCUT2D eigenvalue weighted by Gasteiger charge is 2.43. The van der Waals surface area contributed by atoms with Gasteiger partial charge in [0.1, 0.15) is 11.2 Å². The summed E-state index contributed by atoms with van der Waals surface area (Å²) >= 11 is 0. The van der Waals surface area contributed by atoms with Crippen molar-refractivity contribution >= 4 is 16.2 Å². The second kappa shape index (κ2) is 11.3. The number of hydrogen-bond acceptors (Lipinski definition) is 6. The molecule has 0 aromatic heterocycles. The Hall–Kier alpha value is -3.20. The number of carbonyl (C=O) groups excluding carboxylic acids is 1. The van der Waals surface area contributed by atoms with E-state index in [0.717, 1.165) is 22.9 Å². The van der Waals surface area contributed by atoms with Gasteiger partial charge in [-0.25, -0.2) is 4.79 Å². The first kappa shape index (κ1) is 27.8. The molecule has 1 fully saturated rings. The van der Waals surface area contributed by atoms with E-state index >= 15 is 0 Å². The molecule has 0 N–H and O–H groups in total. The number of carbonyl (C=O) groups is 1. The van der Waals surface area contributed by atoms with Gasteiger partial charge in [0.05, 0.1) is 31.6 Å². The highest BCUT2D eigenvalue weighted by atomic mass is 32.2. The Balaban J connectivity index is 1.74. The summed E-state index contributed by atoms with van der Waals surface area (Å²) in [6.45, 7) is 5.60. The van der Waals surface area contributed by atoms with Crippen LogP contribution >= 0.6 is 0 Å². The molecule has 1 aliphatic rings. The third-order valence-electron chi connectivity index (χ3n) is 6.35. The predicted octanol–water partition coefficient (Wildman–Crippen LogP) is 5.35. The van der Waals surface area contributed by atoms with Crippen LogP contribution in [0.25, 0.3) is 0 Å². The van der Waals surface area contributed by atoms with E-state index in [2.05, 4.69) is 0 Å². The van der Waals surface area contributed by atoms with Gasteiger partial charge < -0.3 is 14.4 Å². The van der Waals surface area contributed by atoms with Gasteiger partial charge in [-0.1, -0.05) is 91.0 Å².